The molecule has 1 unspecified atom stereocenters. The van der Waals surface area contributed by atoms with Crippen LogP contribution in [0.15, 0.2) is 29.5 Å². The van der Waals surface area contributed by atoms with Crippen LogP contribution in [0.4, 0.5) is 10.5 Å². The summed E-state index contributed by atoms with van der Waals surface area (Å²) in [7, 11) is 1.17. The summed E-state index contributed by atoms with van der Waals surface area (Å²) in [5.74, 6) is -1.01. The molecule has 1 aliphatic rings. The standard InChI is InChI=1S/C13H13N3O6.H2O/c1-6-10(12(18)22-2)11(15-13(19)14-6)8-5-7(16(20)21)3-4-9(8)17;/h3-5,11,17H,1-2H3,(H2,14,15,19);1H2. The number of hydrogen-bond acceptors (Lipinski definition) is 6. The molecule has 1 heterocycles. The van der Waals surface area contributed by atoms with Gasteiger partial charge in [0.2, 0.25) is 0 Å². The highest BCUT2D eigenvalue weighted by Gasteiger charge is 2.34. The maximum atomic E-state index is 11.9. The molecule has 0 spiro atoms. The van der Waals surface area contributed by atoms with Gasteiger partial charge in [-0.3, -0.25) is 10.1 Å². The molecule has 1 atom stereocenters. The summed E-state index contributed by atoms with van der Waals surface area (Å²) in [6.07, 6.45) is 0. The van der Waals surface area contributed by atoms with E-state index < -0.39 is 23.0 Å². The Morgan fingerprint density at radius 1 is 1.43 bits per heavy atom. The van der Waals surface area contributed by atoms with Crippen LogP contribution in [0, 0.1) is 10.1 Å². The molecule has 1 aliphatic heterocycles. The van der Waals surface area contributed by atoms with Crippen LogP contribution < -0.4 is 10.6 Å². The highest BCUT2D eigenvalue weighted by Crippen LogP contribution is 2.35. The number of non-ortho nitro benzene ring substituents is 1. The van der Waals surface area contributed by atoms with Crippen molar-refractivity contribution in [2.75, 3.05) is 7.11 Å². The lowest BCUT2D eigenvalue weighted by molar-refractivity contribution is -0.385. The lowest BCUT2D eigenvalue weighted by Gasteiger charge is -2.28. The van der Waals surface area contributed by atoms with E-state index >= 15 is 0 Å². The fourth-order valence-electron chi connectivity index (χ4n) is 2.19. The number of phenolic OH excluding ortho intramolecular Hbond substituents is 1. The van der Waals surface area contributed by atoms with Crippen LogP contribution in [-0.4, -0.2) is 34.6 Å². The van der Waals surface area contributed by atoms with Crippen molar-refractivity contribution in [3.05, 3.63) is 45.1 Å². The Morgan fingerprint density at radius 2 is 2.09 bits per heavy atom. The van der Waals surface area contributed by atoms with Crippen molar-refractivity contribution in [1.29, 1.82) is 0 Å². The van der Waals surface area contributed by atoms with Gasteiger partial charge in [-0.05, 0) is 13.0 Å². The predicted molar refractivity (Wildman–Crippen MR) is 77.5 cm³/mol. The first-order chi connectivity index (χ1) is 10.3. The van der Waals surface area contributed by atoms with Gasteiger partial charge in [0.25, 0.3) is 5.69 Å². The largest absolute Gasteiger partial charge is 0.508 e. The zero-order chi connectivity index (χ0) is 16.4. The molecule has 23 heavy (non-hydrogen) atoms. The van der Waals surface area contributed by atoms with Crippen LogP contribution in [0.5, 0.6) is 5.75 Å². The van der Waals surface area contributed by atoms with Crippen LogP contribution in [0.2, 0.25) is 0 Å². The van der Waals surface area contributed by atoms with Gasteiger partial charge in [0.05, 0.1) is 23.6 Å². The molecule has 124 valence electrons. The predicted octanol–water partition coefficient (Wildman–Crippen LogP) is 0.277. The van der Waals surface area contributed by atoms with Gasteiger partial charge in [0.15, 0.2) is 0 Å². The number of methoxy groups -OCH3 is 1. The number of allylic oxidation sites excluding steroid dienone is 1. The number of urea groups is 1. The average Bonchev–Trinajstić information content (AvgIpc) is 2.46. The van der Waals surface area contributed by atoms with Crippen LogP contribution >= 0.6 is 0 Å². The highest BCUT2D eigenvalue weighted by atomic mass is 16.6. The quantitative estimate of drug-likeness (QED) is 0.410. The van der Waals surface area contributed by atoms with Gasteiger partial charge in [-0.15, -0.1) is 0 Å². The van der Waals surface area contributed by atoms with Crippen molar-refractivity contribution in [2.24, 2.45) is 0 Å². The lowest BCUT2D eigenvalue weighted by Crippen LogP contribution is -2.45. The number of aromatic hydroxyl groups is 1. The number of amides is 2. The number of ether oxygens (including phenoxy) is 1. The molecule has 5 N–H and O–H groups in total. The Labute approximate surface area is 130 Å². The minimum absolute atomic E-state index is 0. The molecular formula is C13H15N3O7. The summed E-state index contributed by atoms with van der Waals surface area (Å²) >= 11 is 0. The molecule has 0 aromatic heterocycles. The van der Waals surface area contributed by atoms with E-state index in [-0.39, 0.29) is 33.7 Å². The Kier molecular flexibility index (Phi) is 5.25. The number of benzene rings is 1. The fourth-order valence-corrected chi connectivity index (χ4v) is 2.19. The van der Waals surface area contributed by atoms with E-state index in [1.165, 1.54) is 14.0 Å². The molecule has 2 amide bonds. The smallest absolute Gasteiger partial charge is 0.337 e. The number of nitrogens with zero attached hydrogens (tertiary/aromatic N) is 1. The molecule has 0 saturated heterocycles. The van der Waals surface area contributed by atoms with Gasteiger partial charge >= 0.3 is 12.0 Å². The van der Waals surface area contributed by atoms with Crippen LogP contribution in [0.25, 0.3) is 0 Å². The third-order valence-corrected chi connectivity index (χ3v) is 3.21. The van der Waals surface area contributed by atoms with Crippen molar-refractivity contribution >= 4 is 17.7 Å². The van der Waals surface area contributed by atoms with E-state index in [1.807, 2.05) is 0 Å². The zero-order valence-corrected chi connectivity index (χ0v) is 12.2. The molecule has 2 rings (SSSR count). The number of nitro benzene ring substituents is 1. The van der Waals surface area contributed by atoms with Crippen LogP contribution in [0.1, 0.15) is 18.5 Å². The summed E-state index contributed by atoms with van der Waals surface area (Å²) in [4.78, 5) is 33.8. The third-order valence-electron chi connectivity index (χ3n) is 3.21. The van der Waals surface area contributed by atoms with E-state index in [9.17, 15) is 24.8 Å². The number of hydrogen-bond donors (Lipinski definition) is 3. The second-order valence-electron chi connectivity index (χ2n) is 4.56. The summed E-state index contributed by atoms with van der Waals surface area (Å²) in [5.41, 5.74) is 0.0515. The molecule has 0 fully saturated rings. The summed E-state index contributed by atoms with van der Waals surface area (Å²) in [6, 6.07) is 1.70. The number of nitrogens with one attached hydrogen (secondary N) is 2. The second-order valence-corrected chi connectivity index (χ2v) is 4.56. The average molecular weight is 325 g/mol. The zero-order valence-electron chi connectivity index (χ0n) is 12.2. The van der Waals surface area contributed by atoms with Crippen LogP contribution in [0.3, 0.4) is 0 Å². The third kappa shape index (κ3) is 3.37. The maximum absolute atomic E-state index is 11.9. The van der Waals surface area contributed by atoms with Crippen molar-refractivity contribution in [3.63, 3.8) is 0 Å². The number of phenols is 1. The van der Waals surface area contributed by atoms with Crippen molar-refractivity contribution in [3.8, 4) is 5.75 Å². The monoisotopic (exact) mass is 325 g/mol. The van der Waals surface area contributed by atoms with E-state index in [2.05, 4.69) is 15.4 Å². The van der Waals surface area contributed by atoms with Gasteiger partial charge in [-0.2, -0.15) is 0 Å². The Bertz CT molecular complexity index is 699. The Hall–Kier alpha value is -3.14. The normalized spacial score (nSPS) is 16.8. The van der Waals surface area contributed by atoms with Gasteiger partial charge in [-0.1, -0.05) is 0 Å². The number of carbonyl (C=O) groups excluding carboxylic acids is 2. The van der Waals surface area contributed by atoms with Crippen LogP contribution in [-0.2, 0) is 9.53 Å². The van der Waals surface area contributed by atoms with Crippen molar-refractivity contribution in [1.82, 2.24) is 10.6 Å². The molecule has 0 saturated carbocycles. The molecule has 0 radical (unpaired) electrons. The van der Waals surface area contributed by atoms with E-state index in [1.54, 1.807) is 0 Å². The van der Waals surface area contributed by atoms with Crippen molar-refractivity contribution < 1.29 is 29.8 Å². The summed E-state index contributed by atoms with van der Waals surface area (Å²) in [5, 5.41) is 25.7. The number of carbonyl (C=O) groups is 2. The molecule has 1 aromatic rings. The first-order valence-corrected chi connectivity index (χ1v) is 6.19. The minimum atomic E-state index is -1.05. The molecule has 10 heteroatoms. The summed E-state index contributed by atoms with van der Waals surface area (Å²) in [6.45, 7) is 1.49. The molecule has 10 nitrogen and oxygen atoms in total. The second kappa shape index (κ2) is 6.75. The van der Waals surface area contributed by atoms with Gasteiger partial charge in [0.1, 0.15) is 5.75 Å². The first kappa shape index (κ1) is 17.9. The SMILES string of the molecule is COC(=O)C1=C(C)NC(=O)NC1c1cc([N+](=O)[O-])ccc1O.O. The Balaban J connectivity index is 0.00000264. The van der Waals surface area contributed by atoms with E-state index in [0.29, 0.717) is 0 Å². The lowest BCUT2D eigenvalue weighted by atomic mass is 9.94. The number of rotatable bonds is 3. The van der Waals surface area contributed by atoms with Gasteiger partial charge in [-0.25, -0.2) is 9.59 Å². The van der Waals surface area contributed by atoms with E-state index in [4.69, 9.17) is 0 Å². The maximum Gasteiger partial charge on any atom is 0.337 e. The van der Waals surface area contributed by atoms with Crippen molar-refractivity contribution in [2.45, 2.75) is 13.0 Å². The fraction of sp³-hybridized carbons (Fsp3) is 0.231. The molecule has 1 aromatic carbocycles. The first-order valence-electron chi connectivity index (χ1n) is 6.19. The highest BCUT2D eigenvalue weighted by molar-refractivity contribution is 5.95. The number of nitro groups is 1. The van der Waals surface area contributed by atoms with Gasteiger partial charge in [0, 0.05) is 23.4 Å². The summed E-state index contributed by atoms with van der Waals surface area (Å²) < 4.78 is 4.66. The minimum Gasteiger partial charge on any atom is -0.508 e. The molecular weight excluding hydrogens is 310 g/mol. The Morgan fingerprint density at radius 3 is 2.65 bits per heavy atom. The van der Waals surface area contributed by atoms with E-state index in [0.717, 1.165) is 18.2 Å². The molecule has 0 aliphatic carbocycles. The molecule has 0 bridgehead atoms. The topological polar surface area (TPSA) is 162 Å². The number of esters is 1. The van der Waals surface area contributed by atoms with Gasteiger partial charge < -0.3 is 26.0 Å².